The van der Waals surface area contributed by atoms with Crippen LogP contribution in [0.5, 0.6) is 0 Å². The van der Waals surface area contributed by atoms with Crippen LogP contribution in [0, 0.1) is 13.8 Å². The molecule has 1 aromatic carbocycles. The van der Waals surface area contributed by atoms with Crippen molar-refractivity contribution in [2.45, 2.75) is 26.7 Å². The van der Waals surface area contributed by atoms with E-state index in [-0.39, 0.29) is 5.91 Å². The number of hydrogen-bond acceptors (Lipinski definition) is 3. The van der Waals surface area contributed by atoms with E-state index < -0.39 is 0 Å². The van der Waals surface area contributed by atoms with Gasteiger partial charge in [0.1, 0.15) is 0 Å². The zero-order chi connectivity index (χ0) is 15.0. The van der Waals surface area contributed by atoms with Gasteiger partial charge in [-0.25, -0.2) is 0 Å². The summed E-state index contributed by atoms with van der Waals surface area (Å²) in [5.41, 5.74) is 3.23. The van der Waals surface area contributed by atoms with E-state index in [1.165, 1.54) is 11.1 Å². The molecule has 0 saturated carbocycles. The Morgan fingerprint density at radius 3 is 2.35 bits per heavy atom. The van der Waals surface area contributed by atoms with Crippen molar-refractivity contribution in [3.63, 3.8) is 0 Å². The van der Waals surface area contributed by atoms with Crippen LogP contribution in [0.25, 0.3) is 0 Å². The Morgan fingerprint density at radius 1 is 1.10 bits per heavy atom. The minimum absolute atomic E-state index is 0.0649. The predicted octanol–water partition coefficient (Wildman–Crippen LogP) is 2.17. The van der Waals surface area contributed by atoms with Crippen molar-refractivity contribution in [3.8, 4) is 0 Å². The van der Waals surface area contributed by atoms with Crippen molar-refractivity contribution in [3.05, 3.63) is 29.3 Å². The molecular weight excluding hydrogens is 250 g/mol. The highest BCUT2D eigenvalue weighted by Crippen LogP contribution is 2.13. The number of carbonyl (C=O) groups is 1. The molecule has 20 heavy (non-hydrogen) atoms. The summed E-state index contributed by atoms with van der Waals surface area (Å²) < 4.78 is 0. The van der Waals surface area contributed by atoms with Gasteiger partial charge in [-0.1, -0.05) is 6.07 Å². The van der Waals surface area contributed by atoms with Crippen LogP contribution in [-0.4, -0.2) is 44.5 Å². The van der Waals surface area contributed by atoms with Crippen molar-refractivity contribution in [1.82, 2.24) is 10.2 Å². The summed E-state index contributed by atoms with van der Waals surface area (Å²) >= 11 is 0. The average Bonchev–Trinajstić information content (AvgIpc) is 2.31. The molecule has 0 radical (unpaired) electrons. The molecule has 1 amide bonds. The third kappa shape index (κ3) is 7.26. The number of anilines is 1. The number of carbonyl (C=O) groups excluding carboxylic acids is 1. The van der Waals surface area contributed by atoms with E-state index >= 15 is 0 Å². The van der Waals surface area contributed by atoms with E-state index in [0.717, 1.165) is 31.7 Å². The van der Waals surface area contributed by atoms with Gasteiger partial charge in [-0.2, -0.15) is 0 Å². The second-order valence-electron chi connectivity index (χ2n) is 5.58. The molecule has 1 aromatic rings. The maximum absolute atomic E-state index is 11.8. The first-order valence-corrected chi connectivity index (χ1v) is 7.21. The number of aryl methyl sites for hydroxylation is 2. The van der Waals surface area contributed by atoms with Gasteiger partial charge in [0, 0.05) is 18.7 Å². The maximum atomic E-state index is 11.8. The van der Waals surface area contributed by atoms with Gasteiger partial charge in [0.25, 0.3) is 0 Å². The molecule has 0 bridgehead atoms. The second-order valence-corrected chi connectivity index (χ2v) is 5.58. The molecule has 112 valence electrons. The number of amides is 1. The summed E-state index contributed by atoms with van der Waals surface area (Å²) in [6.45, 7) is 6.82. The fourth-order valence-corrected chi connectivity index (χ4v) is 2.12. The summed E-state index contributed by atoms with van der Waals surface area (Å²) in [5.74, 6) is 0.0649. The number of rotatable bonds is 8. The Bertz CT molecular complexity index is 409. The highest BCUT2D eigenvalue weighted by Gasteiger charge is 2.03. The average molecular weight is 277 g/mol. The van der Waals surface area contributed by atoms with E-state index in [2.05, 4.69) is 35.7 Å². The fourth-order valence-electron chi connectivity index (χ4n) is 2.12. The van der Waals surface area contributed by atoms with Crippen LogP contribution in [0.3, 0.4) is 0 Å². The molecule has 1 rings (SSSR count). The largest absolute Gasteiger partial charge is 0.326 e. The fraction of sp³-hybridized carbons (Fsp3) is 0.562. The van der Waals surface area contributed by atoms with Crippen LogP contribution in [0.1, 0.15) is 24.0 Å². The molecule has 0 fully saturated rings. The molecule has 0 aliphatic rings. The molecule has 0 heterocycles. The minimum Gasteiger partial charge on any atom is -0.326 e. The van der Waals surface area contributed by atoms with Crippen molar-refractivity contribution < 1.29 is 4.79 Å². The van der Waals surface area contributed by atoms with Crippen molar-refractivity contribution in [1.29, 1.82) is 0 Å². The van der Waals surface area contributed by atoms with Gasteiger partial charge < -0.3 is 15.5 Å². The van der Waals surface area contributed by atoms with Crippen LogP contribution >= 0.6 is 0 Å². The van der Waals surface area contributed by atoms with Gasteiger partial charge in [-0.15, -0.1) is 0 Å². The molecule has 4 nitrogen and oxygen atoms in total. The summed E-state index contributed by atoms with van der Waals surface area (Å²) in [6, 6.07) is 6.09. The van der Waals surface area contributed by atoms with Crippen LogP contribution < -0.4 is 10.6 Å². The molecule has 2 N–H and O–H groups in total. The molecule has 4 heteroatoms. The van der Waals surface area contributed by atoms with Crippen LogP contribution in [0.4, 0.5) is 5.69 Å². The number of nitrogens with zero attached hydrogens (tertiary/aromatic N) is 1. The third-order valence-electron chi connectivity index (χ3n) is 2.99. The van der Waals surface area contributed by atoms with Crippen molar-refractivity contribution in [2.75, 3.05) is 39.0 Å². The molecule has 0 aliphatic heterocycles. The summed E-state index contributed by atoms with van der Waals surface area (Å²) in [5, 5.41) is 6.24. The highest BCUT2D eigenvalue weighted by atomic mass is 16.1. The van der Waals surface area contributed by atoms with Crippen molar-refractivity contribution in [2.24, 2.45) is 0 Å². The molecule has 0 atom stereocenters. The van der Waals surface area contributed by atoms with Gasteiger partial charge in [-0.05, 0) is 70.7 Å². The smallest absolute Gasteiger partial charge is 0.225 e. The summed E-state index contributed by atoms with van der Waals surface area (Å²) in [6.07, 6.45) is 1.61. The zero-order valence-corrected chi connectivity index (χ0v) is 13.1. The molecule has 0 saturated heterocycles. The van der Waals surface area contributed by atoms with Gasteiger partial charge in [0.05, 0.1) is 0 Å². The molecule has 0 aromatic heterocycles. The highest BCUT2D eigenvalue weighted by molar-refractivity contribution is 5.91. The zero-order valence-electron chi connectivity index (χ0n) is 13.1. The van der Waals surface area contributed by atoms with E-state index in [1.54, 1.807) is 0 Å². The first-order valence-electron chi connectivity index (χ1n) is 7.21. The quantitative estimate of drug-likeness (QED) is 0.716. The number of benzene rings is 1. The summed E-state index contributed by atoms with van der Waals surface area (Å²) in [7, 11) is 4.13. The molecule has 0 spiro atoms. The topological polar surface area (TPSA) is 44.4 Å². The lowest BCUT2D eigenvalue weighted by atomic mass is 10.1. The van der Waals surface area contributed by atoms with E-state index in [1.807, 2.05) is 26.0 Å². The Morgan fingerprint density at radius 2 is 1.75 bits per heavy atom. The molecule has 0 unspecified atom stereocenters. The van der Waals surface area contributed by atoms with Crippen molar-refractivity contribution >= 4 is 11.6 Å². The van der Waals surface area contributed by atoms with E-state index in [9.17, 15) is 4.79 Å². The lowest BCUT2D eigenvalue weighted by Crippen LogP contribution is -2.25. The van der Waals surface area contributed by atoms with Gasteiger partial charge >= 0.3 is 0 Å². The summed E-state index contributed by atoms with van der Waals surface area (Å²) in [4.78, 5) is 14.0. The normalized spacial score (nSPS) is 10.8. The molecular formula is C16H27N3O. The Labute approximate surface area is 122 Å². The van der Waals surface area contributed by atoms with E-state index in [0.29, 0.717) is 6.42 Å². The molecule has 0 aliphatic carbocycles. The van der Waals surface area contributed by atoms with Gasteiger partial charge in [0.15, 0.2) is 0 Å². The first kappa shape index (κ1) is 16.7. The van der Waals surface area contributed by atoms with E-state index in [4.69, 9.17) is 0 Å². The lowest BCUT2D eigenvalue weighted by Gasteiger charge is -2.10. The van der Waals surface area contributed by atoms with Crippen LogP contribution in [-0.2, 0) is 4.79 Å². The van der Waals surface area contributed by atoms with Crippen LogP contribution in [0.15, 0.2) is 18.2 Å². The Hall–Kier alpha value is -1.39. The van der Waals surface area contributed by atoms with Gasteiger partial charge in [0.2, 0.25) is 5.91 Å². The number of nitrogens with one attached hydrogen (secondary N) is 2. The Balaban J connectivity index is 2.20. The SMILES string of the molecule is Cc1cc(C)cc(NC(=O)CCNCCCN(C)C)c1. The van der Waals surface area contributed by atoms with Gasteiger partial charge in [-0.3, -0.25) is 4.79 Å². The standard InChI is InChI=1S/C16H27N3O/c1-13-10-14(2)12-15(11-13)18-16(20)6-8-17-7-5-9-19(3)4/h10-12,17H,5-9H2,1-4H3,(H,18,20). The first-order chi connectivity index (χ1) is 9.47. The minimum atomic E-state index is 0.0649. The van der Waals surface area contributed by atoms with Crippen LogP contribution in [0.2, 0.25) is 0 Å². The second kappa shape index (κ2) is 8.72. The Kier molecular flexibility index (Phi) is 7.26. The maximum Gasteiger partial charge on any atom is 0.225 e. The monoisotopic (exact) mass is 277 g/mol. The lowest BCUT2D eigenvalue weighted by molar-refractivity contribution is -0.116. The predicted molar refractivity (Wildman–Crippen MR) is 85.2 cm³/mol. The third-order valence-corrected chi connectivity index (χ3v) is 2.99. The number of hydrogen-bond donors (Lipinski definition) is 2.